The number of likely N-dealkylation sites (tertiary alicyclic amines) is 1. The average Bonchev–Trinajstić information content (AvgIpc) is 3.08. The zero-order chi connectivity index (χ0) is 16.9. The van der Waals surface area contributed by atoms with Gasteiger partial charge in [-0.1, -0.05) is 36.4 Å². The van der Waals surface area contributed by atoms with E-state index >= 15 is 0 Å². The van der Waals surface area contributed by atoms with Gasteiger partial charge in [0, 0.05) is 18.7 Å². The highest BCUT2D eigenvalue weighted by molar-refractivity contribution is 6.49. The summed E-state index contributed by atoms with van der Waals surface area (Å²) in [4.78, 5) is 7.43. The van der Waals surface area contributed by atoms with E-state index in [1.807, 2.05) is 6.07 Å². The Balaban J connectivity index is 2.04. The van der Waals surface area contributed by atoms with Crippen molar-refractivity contribution in [1.82, 2.24) is 4.90 Å². The molecule has 1 aliphatic rings. The Labute approximate surface area is 146 Å². The molecule has 1 radical (unpaired) electrons. The van der Waals surface area contributed by atoms with Crippen LogP contribution >= 0.6 is 0 Å². The first-order chi connectivity index (χ1) is 11.6. The minimum absolute atomic E-state index is 0.826. The van der Waals surface area contributed by atoms with Gasteiger partial charge in [0.15, 0.2) is 0 Å². The lowest BCUT2D eigenvalue weighted by Crippen LogP contribution is -2.28. The van der Waals surface area contributed by atoms with Gasteiger partial charge < -0.3 is 9.33 Å². The molecule has 125 valence electrons. The highest BCUT2D eigenvalue weighted by Gasteiger charge is 2.19. The maximum atomic E-state index is 6.10. The number of benzene rings is 2. The summed E-state index contributed by atoms with van der Waals surface area (Å²) in [6.45, 7) is 8.55. The van der Waals surface area contributed by atoms with Crippen LogP contribution in [0.15, 0.2) is 53.5 Å². The largest absolute Gasteiger partial charge is 0.541 e. The van der Waals surface area contributed by atoms with Crippen molar-refractivity contribution >= 4 is 20.6 Å². The van der Waals surface area contributed by atoms with Crippen LogP contribution in [-0.4, -0.2) is 32.9 Å². The molecule has 0 spiro atoms. The molecule has 2 aromatic rings. The monoisotopic (exact) mass is 337 g/mol. The summed E-state index contributed by atoms with van der Waals surface area (Å²) in [5, 5.41) is 0. The summed E-state index contributed by atoms with van der Waals surface area (Å²) < 4.78 is 6.10. The number of amidine groups is 1. The normalized spacial score (nSPS) is 15.2. The van der Waals surface area contributed by atoms with Crippen LogP contribution in [0.3, 0.4) is 0 Å². The standard InChI is InChI=1S/C20H25N2OSi/c1-16-11-12-18(19(15-16)23-24(2)3)21-20(22-13-7-8-14-22)17-9-5-4-6-10-17/h4-6,9-12,15H,7-8,13-14H2,1-3H3. The van der Waals surface area contributed by atoms with Gasteiger partial charge in [-0.2, -0.15) is 0 Å². The number of hydrogen-bond donors (Lipinski definition) is 0. The molecule has 2 aromatic carbocycles. The molecule has 0 aliphatic carbocycles. The van der Waals surface area contributed by atoms with Crippen molar-refractivity contribution in [1.29, 1.82) is 0 Å². The van der Waals surface area contributed by atoms with E-state index < -0.39 is 9.04 Å². The van der Waals surface area contributed by atoms with Gasteiger partial charge in [-0.3, -0.25) is 0 Å². The van der Waals surface area contributed by atoms with Crippen LogP contribution in [0.4, 0.5) is 5.69 Å². The van der Waals surface area contributed by atoms with Crippen LogP contribution in [-0.2, 0) is 0 Å². The van der Waals surface area contributed by atoms with Crippen LogP contribution in [0.5, 0.6) is 5.75 Å². The van der Waals surface area contributed by atoms with Crippen molar-refractivity contribution in [3.8, 4) is 5.75 Å². The predicted molar refractivity (Wildman–Crippen MR) is 103 cm³/mol. The summed E-state index contributed by atoms with van der Waals surface area (Å²) in [7, 11) is -0.826. The molecule has 4 heteroatoms. The molecule has 1 fully saturated rings. The van der Waals surface area contributed by atoms with Crippen molar-refractivity contribution in [2.75, 3.05) is 13.1 Å². The van der Waals surface area contributed by atoms with Gasteiger partial charge in [0.1, 0.15) is 17.3 Å². The second kappa shape index (κ2) is 7.66. The Morgan fingerprint density at radius 2 is 1.75 bits per heavy atom. The summed E-state index contributed by atoms with van der Waals surface area (Å²) >= 11 is 0. The lowest BCUT2D eigenvalue weighted by molar-refractivity contribution is 0.520. The second-order valence-electron chi connectivity index (χ2n) is 6.48. The molecule has 0 N–H and O–H groups in total. The molecule has 1 heterocycles. The number of rotatable bonds is 4. The molecule has 3 rings (SSSR count). The van der Waals surface area contributed by atoms with E-state index in [1.54, 1.807) is 0 Å². The highest BCUT2D eigenvalue weighted by atomic mass is 28.3. The van der Waals surface area contributed by atoms with Gasteiger partial charge in [0.25, 0.3) is 9.04 Å². The highest BCUT2D eigenvalue weighted by Crippen LogP contribution is 2.31. The van der Waals surface area contributed by atoms with Crippen molar-refractivity contribution in [2.45, 2.75) is 32.9 Å². The molecule has 1 aliphatic heterocycles. The minimum Gasteiger partial charge on any atom is -0.541 e. The molecule has 0 unspecified atom stereocenters. The molecule has 0 bridgehead atoms. The van der Waals surface area contributed by atoms with Gasteiger partial charge in [-0.15, -0.1) is 0 Å². The molecule has 0 atom stereocenters. The average molecular weight is 338 g/mol. The summed E-state index contributed by atoms with van der Waals surface area (Å²) in [5.74, 6) is 1.96. The zero-order valence-corrected chi connectivity index (χ0v) is 15.7. The number of hydrogen-bond acceptors (Lipinski definition) is 2. The van der Waals surface area contributed by atoms with Crippen LogP contribution in [0.1, 0.15) is 24.0 Å². The molecule has 0 saturated carbocycles. The van der Waals surface area contributed by atoms with E-state index in [2.05, 4.69) is 67.4 Å². The van der Waals surface area contributed by atoms with Crippen LogP contribution < -0.4 is 4.43 Å². The summed E-state index contributed by atoms with van der Waals surface area (Å²) in [6.07, 6.45) is 2.47. The zero-order valence-electron chi connectivity index (χ0n) is 14.7. The van der Waals surface area contributed by atoms with E-state index in [0.29, 0.717) is 0 Å². The Morgan fingerprint density at radius 3 is 2.42 bits per heavy atom. The first-order valence-corrected chi connectivity index (χ1v) is 11.0. The Morgan fingerprint density at radius 1 is 1.04 bits per heavy atom. The van der Waals surface area contributed by atoms with E-state index in [-0.39, 0.29) is 0 Å². The third-order valence-electron chi connectivity index (χ3n) is 4.09. The fourth-order valence-corrected chi connectivity index (χ4v) is 3.57. The van der Waals surface area contributed by atoms with E-state index in [9.17, 15) is 0 Å². The number of aryl methyl sites for hydroxylation is 1. The summed E-state index contributed by atoms with van der Waals surface area (Å²) in [6, 6.07) is 16.8. The van der Waals surface area contributed by atoms with Gasteiger partial charge in [0.05, 0.1) is 0 Å². The lowest BCUT2D eigenvalue weighted by atomic mass is 10.1. The quantitative estimate of drug-likeness (QED) is 0.455. The van der Waals surface area contributed by atoms with Crippen molar-refractivity contribution in [3.63, 3.8) is 0 Å². The molecule has 0 amide bonds. The van der Waals surface area contributed by atoms with E-state index in [1.165, 1.54) is 24.0 Å². The molecule has 24 heavy (non-hydrogen) atoms. The van der Waals surface area contributed by atoms with E-state index in [0.717, 1.165) is 30.4 Å². The fourth-order valence-electron chi connectivity index (χ4n) is 2.96. The molecule has 0 aromatic heterocycles. The number of nitrogens with zero attached hydrogens (tertiary/aromatic N) is 2. The minimum atomic E-state index is -0.826. The predicted octanol–water partition coefficient (Wildman–Crippen LogP) is 4.80. The van der Waals surface area contributed by atoms with E-state index in [4.69, 9.17) is 9.42 Å². The third-order valence-corrected chi connectivity index (χ3v) is 4.72. The number of aliphatic imine (C=N–C) groups is 1. The SMILES string of the molecule is Cc1ccc(N=C(c2ccccc2)N2CCCC2)c(O[Si](C)C)c1. The lowest BCUT2D eigenvalue weighted by Gasteiger charge is -2.21. The molecule has 1 saturated heterocycles. The van der Waals surface area contributed by atoms with Gasteiger partial charge in [-0.25, -0.2) is 4.99 Å². The maximum absolute atomic E-state index is 6.10. The smallest absolute Gasteiger partial charge is 0.274 e. The summed E-state index contributed by atoms with van der Waals surface area (Å²) in [5.41, 5.74) is 3.30. The van der Waals surface area contributed by atoms with Crippen molar-refractivity contribution in [2.24, 2.45) is 4.99 Å². The second-order valence-corrected chi connectivity index (χ2v) is 8.50. The van der Waals surface area contributed by atoms with Gasteiger partial charge in [-0.05, 0) is 50.6 Å². The molecule has 3 nitrogen and oxygen atoms in total. The Bertz CT molecular complexity index is 707. The maximum Gasteiger partial charge on any atom is 0.274 e. The first-order valence-electron chi connectivity index (χ1n) is 8.61. The Hall–Kier alpha value is -2.07. The van der Waals surface area contributed by atoms with Crippen LogP contribution in [0.25, 0.3) is 0 Å². The topological polar surface area (TPSA) is 24.8 Å². The van der Waals surface area contributed by atoms with Gasteiger partial charge >= 0.3 is 0 Å². The van der Waals surface area contributed by atoms with Crippen molar-refractivity contribution in [3.05, 3.63) is 59.7 Å². The Kier molecular flexibility index (Phi) is 5.36. The molecular weight excluding hydrogens is 312 g/mol. The third kappa shape index (κ3) is 4.06. The first kappa shape index (κ1) is 16.8. The molecular formula is C20H25N2OSi. The van der Waals surface area contributed by atoms with Gasteiger partial charge in [0.2, 0.25) is 0 Å². The van der Waals surface area contributed by atoms with Crippen LogP contribution in [0, 0.1) is 6.92 Å². The fraction of sp³-hybridized carbons (Fsp3) is 0.350. The van der Waals surface area contributed by atoms with Crippen LogP contribution in [0.2, 0.25) is 13.1 Å². The van der Waals surface area contributed by atoms with Crippen molar-refractivity contribution < 1.29 is 4.43 Å².